The molecular formula is C30H31F6N7O2. The Labute approximate surface area is 254 Å². The number of nitrogens with one attached hydrogen (secondary N) is 1. The molecule has 240 valence electrons. The standard InChI is InChI=1S/C30H31F6N7O2/c1-4-24-10-25(17-42(24)26-8-19(11-37-26)27(44)45-5-2)43(28-38-12-20(13-39-28)21-14-40-41(3)16-21)15-18-6-22(29(31,32)33)9-23(7-18)30(34,35)36/h6-9,11-14,16,24-25,37H,4-5,10,15,17H2,1-3H3/t24-,25+/m1/s1. The van der Waals surface area contributed by atoms with Crippen molar-refractivity contribution in [2.45, 2.75) is 57.7 Å². The molecular weight excluding hydrogens is 604 g/mol. The summed E-state index contributed by atoms with van der Waals surface area (Å²) in [5, 5.41) is 4.13. The van der Waals surface area contributed by atoms with Gasteiger partial charge in [0.25, 0.3) is 0 Å². The number of benzene rings is 1. The summed E-state index contributed by atoms with van der Waals surface area (Å²) >= 11 is 0. The maximum Gasteiger partial charge on any atom is 0.416 e. The van der Waals surface area contributed by atoms with Crippen LogP contribution in [-0.4, -0.2) is 55.9 Å². The van der Waals surface area contributed by atoms with Gasteiger partial charge in [0.2, 0.25) is 5.95 Å². The van der Waals surface area contributed by atoms with Crippen molar-refractivity contribution in [3.63, 3.8) is 0 Å². The van der Waals surface area contributed by atoms with E-state index in [-0.39, 0.29) is 36.8 Å². The highest BCUT2D eigenvalue weighted by atomic mass is 19.4. The van der Waals surface area contributed by atoms with Crippen molar-refractivity contribution in [3.8, 4) is 11.1 Å². The summed E-state index contributed by atoms with van der Waals surface area (Å²) in [6.07, 6.45) is -0.774. The molecule has 1 aliphatic rings. The molecule has 4 heterocycles. The van der Waals surface area contributed by atoms with Crippen LogP contribution in [0.2, 0.25) is 0 Å². The second-order valence-electron chi connectivity index (χ2n) is 10.8. The van der Waals surface area contributed by atoms with Gasteiger partial charge in [0.1, 0.15) is 5.82 Å². The van der Waals surface area contributed by atoms with Gasteiger partial charge < -0.3 is 19.5 Å². The van der Waals surface area contributed by atoms with E-state index in [1.807, 2.05) is 11.8 Å². The van der Waals surface area contributed by atoms with Crippen LogP contribution in [0.15, 0.2) is 55.2 Å². The molecule has 1 aromatic carbocycles. The molecule has 0 radical (unpaired) electrons. The first-order valence-electron chi connectivity index (χ1n) is 14.2. The van der Waals surface area contributed by atoms with Crippen molar-refractivity contribution in [2.75, 3.05) is 23.0 Å². The molecule has 1 fully saturated rings. The molecule has 1 aliphatic heterocycles. The van der Waals surface area contributed by atoms with Gasteiger partial charge in [-0.15, -0.1) is 0 Å². The lowest BCUT2D eigenvalue weighted by atomic mass is 10.0. The van der Waals surface area contributed by atoms with Gasteiger partial charge in [0, 0.05) is 62.1 Å². The van der Waals surface area contributed by atoms with Crippen molar-refractivity contribution in [1.29, 1.82) is 0 Å². The molecule has 0 saturated carbocycles. The number of carbonyl (C=O) groups excluding carboxylic acids is 1. The Morgan fingerprint density at radius 1 is 1.00 bits per heavy atom. The van der Waals surface area contributed by atoms with Crippen LogP contribution >= 0.6 is 0 Å². The Morgan fingerprint density at radius 2 is 1.67 bits per heavy atom. The maximum absolute atomic E-state index is 13.7. The minimum atomic E-state index is -4.98. The normalized spacial score (nSPS) is 17.1. The Balaban J connectivity index is 1.52. The smallest absolute Gasteiger partial charge is 0.416 e. The number of carbonyl (C=O) groups is 1. The summed E-state index contributed by atoms with van der Waals surface area (Å²) in [4.78, 5) is 28.0. The third kappa shape index (κ3) is 7.07. The Hall–Kier alpha value is -4.56. The highest BCUT2D eigenvalue weighted by molar-refractivity contribution is 5.90. The summed E-state index contributed by atoms with van der Waals surface area (Å²) in [5.41, 5.74) is -1.25. The number of hydrogen-bond donors (Lipinski definition) is 1. The topological polar surface area (TPSA) is 92.2 Å². The van der Waals surface area contributed by atoms with Gasteiger partial charge >= 0.3 is 18.3 Å². The first-order chi connectivity index (χ1) is 21.3. The maximum atomic E-state index is 13.7. The highest BCUT2D eigenvalue weighted by Gasteiger charge is 2.39. The summed E-state index contributed by atoms with van der Waals surface area (Å²) in [7, 11) is 1.75. The third-order valence-corrected chi connectivity index (χ3v) is 7.73. The number of rotatable bonds is 9. The number of aromatic amines is 1. The molecule has 1 N–H and O–H groups in total. The molecule has 15 heteroatoms. The minimum Gasteiger partial charge on any atom is -0.462 e. The van der Waals surface area contributed by atoms with Crippen LogP contribution in [-0.2, 0) is 30.7 Å². The fourth-order valence-electron chi connectivity index (χ4n) is 5.54. The molecule has 0 bridgehead atoms. The zero-order valence-corrected chi connectivity index (χ0v) is 24.7. The molecule has 3 aromatic heterocycles. The first kappa shape index (κ1) is 31.9. The van der Waals surface area contributed by atoms with Crippen molar-refractivity contribution < 1.29 is 35.9 Å². The lowest BCUT2D eigenvalue weighted by molar-refractivity contribution is -0.143. The van der Waals surface area contributed by atoms with E-state index in [2.05, 4.69) is 20.1 Å². The summed E-state index contributed by atoms with van der Waals surface area (Å²) in [5.74, 6) is 0.296. The summed E-state index contributed by atoms with van der Waals surface area (Å²) < 4.78 is 88.8. The average Bonchev–Trinajstić information content (AvgIpc) is 3.75. The zero-order chi connectivity index (χ0) is 32.5. The predicted octanol–water partition coefficient (Wildman–Crippen LogP) is 6.48. The van der Waals surface area contributed by atoms with Crippen LogP contribution in [0.1, 0.15) is 53.7 Å². The van der Waals surface area contributed by atoms with E-state index in [4.69, 9.17) is 4.74 Å². The van der Waals surface area contributed by atoms with Gasteiger partial charge in [-0.25, -0.2) is 14.8 Å². The van der Waals surface area contributed by atoms with E-state index in [1.165, 1.54) is 6.20 Å². The number of nitrogens with zero attached hydrogens (tertiary/aromatic N) is 6. The van der Waals surface area contributed by atoms with Crippen LogP contribution < -0.4 is 9.80 Å². The van der Waals surface area contributed by atoms with Gasteiger partial charge in [-0.05, 0) is 49.6 Å². The fourth-order valence-corrected chi connectivity index (χ4v) is 5.54. The van der Waals surface area contributed by atoms with Gasteiger partial charge in [-0.3, -0.25) is 4.68 Å². The van der Waals surface area contributed by atoms with Crippen molar-refractivity contribution in [3.05, 3.63) is 77.5 Å². The Morgan fingerprint density at radius 3 is 2.22 bits per heavy atom. The molecule has 0 spiro atoms. The van der Waals surface area contributed by atoms with Gasteiger partial charge in [-0.2, -0.15) is 31.4 Å². The lowest BCUT2D eigenvalue weighted by Crippen LogP contribution is -2.38. The van der Waals surface area contributed by atoms with E-state index in [9.17, 15) is 31.1 Å². The van der Waals surface area contributed by atoms with Gasteiger partial charge in [0.05, 0.1) is 35.5 Å². The predicted molar refractivity (Wildman–Crippen MR) is 153 cm³/mol. The molecule has 45 heavy (non-hydrogen) atoms. The van der Waals surface area contributed by atoms with Crippen molar-refractivity contribution >= 4 is 17.7 Å². The number of esters is 1. The molecule has 0 aliphatic carbocycles. The zero-order valence-electron chi connectivity index (χ0n) is 24.7. The quantitative estimate of drug-likeness (QED) is 0.166. The monoisotopic (exact) mass is 635 g/mol. The number of alkyl halides is 6. The third-order valence-electron chi connectivity index (χ3n) is 7.73. The Kier molecular flexibility index (Phi) is 8.81. The highest BCUT2D eigenvalue weighted by Crippen LogP contribution is 2.38. The Bertz CT molecular complexity index is 1600. The van der Waals surface area contributed by atoms with Crippen LogP contribution in [0.5, 0.6) is 0 Å². The van der Waals surface area contributed by atoms with Gasteiger partial charge in [-0.1, -0.05) is 6.92 Å². The molecule has 4 aromatic rings. The second-order valence-corrected chi connectivity index (χ2v) is 10.8. The number of aromatic nitrogens is 5. The molecule has 0 unspecified atom stereocenters. The van der Waals surface area contributed by atoms with Crippen LogP contribution in [0.3, 0.4) is 0 Å². The largest absolute Gasteiger partial charge is 0.462 e. The summed E-state index contributed by atoms with van der Waals surface area (Å²) in [6.45, 7) is 3.91. The van der Waals surface area contributed by atoms with Crippen molar-refractivity contribution in [2.24, 2.45) is 7.05 Å². The van der Waals surface area contributed by atoms with E-state index in [0.717, 1.165) is 17.7 Å². The number of H-pyrrole nitrogens is 1. The fraction of sp³-hybridized carbons (Fsp3) is 0.400. The first-order valence-corrected chi connectivity index (χ1v) is 14.2. The van der Waals surface area contributed by atoms with Gasteiger partial charge in [0.15, 0.2) is 0 Å². The van der Waals surface area contributed by atoms with Crippen LogP contribution in [0, 0.1) is 0 Å². The molecule has 1 saturated heterocycles. The van der Waals surface area contributed by atoms with E-state index in [0.29, 0.717) is 36.3 Å². The lowest BCUT2D eigenvalue weighted by Gasteiger charge is -2.30. The number of aryl methyl sites for hydroxylation is 1. The second kappa shape index (κ2) is 12.4. The minimum absolute atomic E-state index is 0.0619. The molecule has 2 atom stereocenters. The number of hydrogen-bond acceptors (Lipinski definition) is 7. The number of anilines is 2. The van der Waals surface area contributed by atoms with E-state index >= 15 is 0 Å². The number of ether oxygens (including phenoxy) is 1. The molecule has 5 rings (SSSR count). The van der Waals surface area contributed by atoms with Crippen LogP contribution in [0.4, 0.5) is 38.1 Å². The van der Waals surface area contributed by atoms with E-state index in [1.54, 1.807) is 54.4 Å². The number of halogens is 6. The average molecular weight is 636 g/mol. The molecule has 9 nitrogen and oxygen atoms in total. The van der Waals surface area contributed by atoms with E-state index < -0.39 is 35.5 Å². The van der Waals surface area contributed by atoms with Crippen LogP contribution in [0.25, 0.3) is 11.1 Å². The summed E-state index contributed by atoms with van der Waals surface area (Å²) in [6, 6.07) is 2.77. The van der Waals surface area contributed by atoms with Crippen molar-refractivity contribution in [1.82, 2.24) is 24.7 Å². The molecule has 0 amide bonds. The SMILES string of the molecule is CCOC(=O)c1c[nH]c(N2C[C@@H](N(Cc3cc(C(F)(F)F)cc(C(F)(F)F)c3)c3ncc(-c4cnn(C)c4)cn3)C[C@H]2CC)c1.